The molecule has 1 aromatic heterocycles. The van der Waals surface area contributed by atoms with E-state index < -0.39 is 6.10 Å². The number of fused-ring (bicyclic) bond motifs is 1. The van der Waals surface area contributed by atoms with Crippen molar-refractivity contribution in [2.45, 2.75) is 32.3 Å². The number of hydrogen-bond donors (Lipinski definition) is 3. The van der Waals surface area contributed by atoms with Gasteiger partial charge in [0.2, 0.25) is 5.91 Å². The van der Waals surface area contributed by atoms with Gasteiger partial charge in [-0.1, -0.05) is 25.1 Å². The third kappa shape index (κ3) is 4.35. The van der Waals surface area contributed by atoms with Gasteiger partial charge in [-0.05, 0) is 55.3 Å². The highest BCUT2D eigenvalue weighted by atomic mass is 32.1. The molecule has 5 heteroatoms. The molecule has 4 nitrogen and oxygen atoms in total. The van der Waals surface area contributed by atoms with Crippen LogP contribution in [-0.4, -0.2) is 30.6 Å². The molecule has 1 aliphatic heterocycles. The first-order chi connectivity index (χ1) is 11.6. The average Bonchev–Trinajstić information content (AvgIpc) is 3.04. The van der Waals surface area contributed by atoms with E-state index in [0.29, 0.717) is 18.3 Å². The lowest BCUT2D eigenvalue weighted by molar-refractivity contribution is -0.122. The number of piperidine rings is 1. The fourth-order valence-corrected chi connectivity index (χ4v) is 4.47. The standard InChI is InChI=1S/C19H26N2O2S/c1-13(14-6-8-20-9-7-14)10-19(23)21-12-16(22)18-11-15-4-2-3-5-17(15)24-18/h2-5,11,13-14,16,20,22H,6-10,12H2,1H3,(H,21,23). The van der Waals surface area contributed by atoms with Crippen molar-refractivity contribution in [3.8, 4) is 0 Å². The highest BCUT2D eigenvalue weighted by Gasteiger charge is 2.22. The van der Waals surface area contributed by atoms with Crippen molar-refractivity contribution >= 4 is 27.3 Å². The summed E-state index contributed by atoms with van der Waals surface area (Å²) in [5, 5.41) is 17.7. The molecule has 0 spiro atoms. The summed E-state index contributed by atoms with van der Waals surface area (Å²) in [7, 11) is 0. The number of carbonyl (C=O) groups is 1. The summed E-state index contributed by atoms with van der Waals surface area (Å²) in [6.45, 7) is 4.56. The number of hydrogen-bond acceptors (Lipinski definition) is 4. The Labute approximate surface area is 147 Å². The van der Waals surface area contributed by atoms with Gasteiger partial charge >= 0.3 is 0 Å². The number of thiophene rings is 1. The Balaban J connectivity index is 1.48. The predicted molar refractivity (Wildman–Crippen MR) is 99.2 cm³/mol. The summed E-state index contributed by atoms with van der Waals surface area (Å²) in [5.41, 5.74) is 0. The molecule has 1 saturated heterocycles. The van der Waals surface area contributed by atoms with Gasteiger partial charge in [0.05, 0.1) is 0 Å². The lowest BCUT2D eigenvalue weighted by Gasteiger charge is -2.28. The number of aliphatic hydroxyl groups excluding tert-OH is 1. The van der Waals surface area contributed by atoms with E-state index in [1.165, 1.54) is 0 Å². The van der Waals surface area contributed by atoms with Gasteiger partial charge in [-0.2, -0.15) is 0 Å². The number of benzene rings is 1. The zero-order chi connectivity index (χ0) is 16.9. The van der Waals surface area contributed by atoms with Crippen LogP contribution in [0.1, 0.15) is 37.2 Å². The summed E-state index contributed by atoms with van der Waals surface area (Å²) in [5.74, 6) is 1.07. The maximum absolute atomic E-state index is 12.2. The van der Waals surface area contributed by atoms with Gasteiger partial charge < -0.3 is 15.7 Å². The van der Waals surface area contributed by atoms with Crippen LogP contribution in [0.4, 0.5) is 0 Å². The molecule has 2 unspecified atom stereocenters. The molecule has 2 heterocycles. The molecule has 0 radical (unpaired) electrons. The number of aliphatic hydroxyl groups is 1. The number of amides is 1. The molecule has 1 aliphatic rings. The lowest BCUT2D eigenvalue weighted by atomic mass is 9.84. The Bertz CT molecular complexity index is 646. The van der Waals surface area contributed by atoms with E-state index in [-0.39, 0.29) is 12.5 Å². The number of rotatable bonds is 6. The van der Waals surface area contributed by atoms with Gasteiger partial charge in [-0.15, -0.1) is 11.3 Å². The molecule has 3 rings (SSSR count). The van der Waals surface area contributed by atoms with E-state index >= 15 is 0 Å². The Kier molecular flexibility index (Phi) is 5.87. The lowest BCUT2D eigenvalue weighted by Crippen LogP contribution is -2.34. The van der Waals surface area contributed by atoms with Crippen molar-refractivity contribution in [3.63, 3.8) is 0 Å². The van der Waals surface area contributed by atoms with Gasteiger partial charge in [0, 0.05) is 22.5 Å². The average molecular weight is 346 g/mol. The van der Waals surface area contributed by atoms with Crippen LogP contribution in [0, 0.1) is 11.8 Å². The summed E-state index contributed by atoms with van der Waals surface area (Å²) >= 11 is 1.59. The maximum Gasteiger partial charge on any atom is 0.220 e. The van der Waals surface area contributed by atoms with Crippen molar-refractivity contribution in [3.05, 3.63) is 35.2 Å². The minimum Gasteiger partial charge on any atom is -0.386 e. The quantitative estimate of drug-likeness (QED) is 0.753. The van der Waals surface area contributed by atoms with E-state index in [0.717, 1.165) is 40.9 Å². The van der Waals surface area contributed by atoms with Crippen molar-refractivity contribution < 1.29 is 9.90 Å². The summed E-state index contributed by atoms with van der Waals surface area (Å²) < 4.78 is 1.16. The van der Waals surface area contributed by atoms with Gasteiger partial charge in [0.1, 0.15) is 6.10 Å². The minimum atomic E-state index is -0.638. The first-order valence-electron chi connectivity index (χ1n) is 8.77. The van der Waals surface area contributed by atoms with E-state index in [9.17, 15) is 9.90 Å². The second-order valence-electron chi connectivity index (χ2n) is 6.78. The highest BCUT2D eigenvalue weighted by molar-refractivity contribution is 7.19. The first-order valence-corrected chi connectivity index (χ1v) is 9.59. The molecule has 3 N–H and O–H groups in total. The zero-order valence-electron chi connectivity index (χ0n) is 14.1. The molecule has 130 valence electrons. The van der Waals surface area contributed by atoms with Gasteiger partial charge in [-0.25, -0.2) is 0 Å². The van der Waals surface area contributed by atoms with Crippen LogP contribution in [0.3, 0.4) is 0 Å². The molecule has 2 aromatic rings. The molecule has 0 bridgehead atoms. The maximum atomic E-state index is 12.2. The topological polar surface area (TPSA) is 61.4 Å². The normalized spacial score (nSPS) is 18.4. The van der Waals surface area contributed by atoms with E-state index in [1.54, 1.807) is 11.3 Å². The van der Waals surface area contributed by atoms with Gasteiger partial charge in [0.15, 0.2) is 0 Å². The zero-order valence-corrected chi connectivity index (χ0v) is 14.9. The van der Waals surface area contributed by atoms with Crippen LogP contribution in [0.2, 0.25) is 0 Å². The third-order valence-corrected chi connectivity index (χ3v) is 6.18. The molecule has 24 heavy (non-hydrogen) atoms. The summed E-state index contributed by atoms with van der Waals surface area (Å²) in [4.78, 5) is 13.1. The Morgan fingerprint density at radius 2 is 2.12 bits per heavy atom. The minimum absolute atomic E-state index is 0.0428. The highest BCUT2D eigenvalue weighted by Crippen LogP contribution is 2.29. The SMILES string of the molecule is CC(CC(=O)NCC(O)c1cc2ccccc2s1)C1CCNCC1. The molecule has 0 saturated carbocycles. The molecule has 1 aromatic carbocycles. The van der Waals surface area contributed by atoms with Crippen molar-refractivity contribution in [1.29, 1.82) is 0 Å². The van der Waals surface area contributed by atoms with Crippen LogP contribution in [0.25, 0.3) is 10.1 Å². The smallest absolute Gasteiger partial charge is 0.220 e. The van der Waals surface area contributed by atoms with Crippen LogP contribution in [-0.2, 0) is 4.79 Å². The van der Waals surface area contributed by atoms with Crippen molar-refractivity contribution in [2.75, 3.05) is 19.6 Å². The van der Waals surface area contributed by atoms with Gasteiger partial charge in [-0.3, -0.25) is 4.79 Å². The molecule has 1 amide bonds. The second kappa shape index (κ2) is 8.10. The Morgan fingerprint density at radius 1 is 1.38 bits per heavy atom. The largest absolute Gasteiger partial charge is 0.386 e. The second-order valence-corrected chi connectivity index (χ2v) is 7.89. The predicted octanol–water partition coefficient (Wildman–Crippen LogP) is 3.08. The molecular formula is C19H26N2O2S. The van der Waals surface area contributed by atoms with Gasteiger partial charge in [0.25, 0.3) is 0 Å². The summed E-state index contributed by atoms with van der Waals surface area (Å²) in [6.07, 6.45) is 2.21. The van der Waals surface area contributed by atoms with Crippen LogP contribution in [0.5, 0.6) is 0 Å². The number of carbonyl (C=O) groups excluding carboxylic acids is 1. The monoisotopic (exact) mass is 346 g/mol. The Hall–Kier alpha value is -1.43. The van der Waals surface area contributed by atoms with E-state index in [4.69, 9.17) is 0 Å². The van der Waals surface area contributed by atoms with Crippen LogP contribution < -0.4 is 10.6 Å². The fourth-order valence-electron chi connectivity index (χ4n) is 3.42. The first kappa shape index (κ1) is 17.4. The third-order valence-electron chi connectivity index (χ3n) is 4.96. The molecular weight excluding hydrogens is 320 g/mol. The fraction of sp³-hybridized carbons (Fsp3) is 0.526. The van der Waals surface area contributed by atoms with Crippen molar-refractivity contribution in [1.82, 2.24) is 10.6 Å². The van der Waals surface area contributed by atoms with Crippen LogP contribution >= 0.6 is 11.3 Å². The molecule has 2 atom stereocenters. The summed E-state index contributed by atoms with van der Waals surface area (Å²) in [6, 6.07) is 10.1. The number of nitrogens with one attached hydrogen (secondary N) is 2. The van der Waals surface area contributed by atoms with E-state index in [2.05, 4.69) is 23.6 Å². The Morgan fingerprint density at radius 3 is 2.88 bits per heavy atom. The van der Waals surface area contributed by atoms with E-state index in [1.807, 2.05) is 24.3 Å². The van der Waals surface area contributed by atoms with Crippen molar-refractivity contribution in [2.24, 2.45) is 11.8 Å². The molecule has 0 aliphatic carbocycles. The molecule has 1 fully saturated rings. The van der Waals surface area contributed by atoms with Crippen LogP contribution in [0.15, 0.2) is 30.3 Å².